The first kappa shape index (κ1) is 22.3. The van der Waals surface area contributed by atoms with Gasteiger partial charge in [-0.15, -0.1) is 0 Å². The van der Waals surface area contributed by atoms with E-state index in [1.54, 1.807) is 24.3 Å². The van der Waals surface area contributed by atoms with Gasteiger partial charge in [0, 0.05) is 11.8 Å². The van der Waals surface area contributed by atoms with E-state index >= 15 is 0 Å². The summed E-state index contributed by atoms with van der Waals surface area (Å²) in [6.45, 7) is 1.47. The molecule has 0 radical (unpaired) electrons. The van der Waals surface area contributed by atoms with Gasteiger partial charge in [0.1, 0.15) is 5.75 Å². The average Bonchev–Trinajstić information content (AvgIpc) is 3.08. The van der Waals surface area contributed by atoms with Crippen LogP contribution in [0.15, 0.2) is 60.7 Å². The van der Waals surface area contributed by atoms with Gasteiger partial charge >= 0.3 is 5.97 Å². The van der Waals surface area contributed by atoms with E-state index in [9.17, 15) is 19.2 Å². The van der Waals surface area contributed by atoms with Crippen molar-refractivity contribution in [2.24, 2.45) is 17.8 Å². The van der Waals surface area contributed by atoms with Gasteiger partial charge in [0.15, 0.2) is 6.61 Å². The maximum Gasteiger partial charge on any atom is 0.338 e. The molecule has 1 fully saturated rings. The Kier molecular flexibility index (Phi) is 6.26. The number of imide groups is 1. The van der Waals surface area contributed by atoms with E-state index in [0.717, 1.165) is 0 Å². The number of allylic oxidation sites excluding steroid dienone is 2. The monoisotopic (exact) mass is 448 g/mol. The van der Waals surface area contributed by atoms with Crippen LogP contribution in [-0.2, 0) is 19.1 Å². The molecule has 0 spiro atoms. The summed E-state index contributed by atoms with van der Waals surface area (Å²) >= 11 is 0. The van der Waals surface area contributed by atoms with Crippen LogP contribution in [0, 0.1) is 17.8 Å². The van der Waals surface area contributed by atoms with Gasteiger partial charge in [0.05, 0.1) is 30.2 Å². The number of benzene rings is 2. The molecule has 0 saturated carbocycles. The summed E-state index contributed by atoms with van der Waals surface area (Å²) in [5.41, 5.74) is 1.14. The summed E-state index contributed by atoms with van der Waals surface area (Å²) in [4.78, 5) is 51.3. The highest BCUT2D eigenvalue weighted by Gasteiger charge is 2.50. The molecule has 8 nitrogen and oxygen atoms in total. The summed E-state index contributed by atoms with van der Waals surface area (Å²) < 4.78 is 10.2. The summed E-state index contributed by atoms with van der Waals surface area (Å²) in [5.74, 6) is -1.72. The Hall–Kier alpha value is -3.94. The van der Waals surface area contributed by atoms with Crippen molar-refractivity contribution in [3.63, 3.8) is 0 Å². The molecule has 1 saturated heterocycles. The van der Waals surface area contributed by atoms with Crippen LogP contribution in [-0.4, -0.2) is 37.4 Å². The fraction of sp³-hybridized carbons (Fsp3) is 0.280. The van der Waals surface area contributed by atoms with Crippen LogP contribution in [0.3, 0.4) is 0 Å². The minimum atomic E-state index is -0.687. The van der Waals surface area contributed by atoms with E-state index in [4.69, 9.17) is 9.47 Å². The molecule has 1 N–H and O–H groups in total. The van der Waals surface area contributed by atoms with Gasteiger partial charge in [-0.1, -0.05) is 25.1 Å². The van der Waals surface area contributed by atoms with Gasteiger partial charge in [-0.25, -0.2) is 4.79 Å². The van der Waals surface area contributed by atoms with Gasteiger partial charge in [0.2, 0.25) is 11.8 Å². The third-order valence-electron chi connectivity index (χ3n) is 5.92. The third-order valence-corrected chi connectivity index (χ3v) is 5.92. The molecule has 0 aromatic heterocycles. The van der Waals surface area contributed by atoms with Crippen molar-refractivity contribution in [3.8, 4) is 5.75 Å². The highest BCUT2D eigenvalue weighted by Crippen LogP contribution is 2.40. The first-order valence-corrected chi connectivity index (χ1v) is 10.6. The standard InChI is InChI=1S/C25H24N2O6/c1-15-5-3-8-20-22(15)24(30)27(23(20)29)18-11-9-16(10-12-18)25(31)33-14-21(28)26-17-6-4-7-19(13-17)32-2/h3-7,9-13,15,20,22H,8,14H2,1-2H3,(H,26,28)/t15-,20+,22-/m0/s1. The van der Waals surface area contributed by atoms with Crippen LogP contribution < -0.4 is 15.0 Å². The number of rotatable bonds is 6. The number of nitrogens with one attached hydrogen (secondary N) is 1. The molecular formula is C25H24N2O6. The number of carbonyl (C=O) groups excluding carboxylic acids is 4. The maximum atomic E-state index is 12.9. The number of amides is 3. The molecule has 3 amide bonds. The minimum Gasteiger partial charge on any atom is -0.497 e. The normalized spacial score (nSPS) is 21.5. The van der Waals surface area contributed by atoms with Crippen LogP contribution in [0.5, 0.6) is 5.75 Å². The zero-order valence-electron chi connectivity index (χ0n) is 18.3. The van der Waals surface area contributed by atoms with Gasteiger partial charge < -0.3 is 14.8 Å². The fourth-order valence-corrected chi connectivity index (χ4v) is 4.26. The second-order valence-corrected chi connectivity index (χ2v) is 8.07. The number of hydrogen-bond acceptors (Lipinski definition) is 6. The molecule has 4 rings (SSSR count). The quantitative estimate of drug-likeness (QED) is 0.414. The molecule has 0 bridgehead atoms. The van der Waals surface area contributed by atoms with Gasteiger partial charge in [-0.2, -0.15) is 0 Å². The van der Waals surface area contributed by atoms with Crippen molar-refractivity contribution in [1.82, 2.24) is 0 Å². The zero-order valence-corrected chi connectivity index (χ0v) is 18.3. The van der Waals surface area contributed by atoms with Crippen LogP contribution in [0.4, 0.5) is 11.4 Å². The lowest BCUT2D eigenvalue weighted by Gasteiger charge is -2.22. The molecule has 2 aromatic carbocycles. The third kappa shape index (κ3) is 4.50. The lowest BCUT2D eigenvalue weighted by atomic mass is 9.78. The van der Waals surface area contributed by atoms with E-state index in [0.29, 0.717) is 23.5 Å². The van der Waals surface area contributed by atoms with E-state index in [-0.39, 0.29) is 35.1 Å². The molecule has 1 heterocycles. The molecular weight excluding hydrogens is 424 g/mol. The molecule has 1 aliphatic carbocycles. The van der Waals surface area contributed by atoms with E-state index in [1.807, 2.05) is 19.1 Å². The average molecular weight is 448 g/mol. The number of anilines is 2. The molecule has 0 unspecified atom stereocenters. The first-order chi connectivity index (χ1) is 15.9. The van der Waals surface area contributed by atoms with Crippen LogP contribution in [0.2, 0.25) is 0 Å². The Bertz CT molecular complexity index is 1120. The zero-order chi connectivity index (χ0) is 23.5. The van der Waals surface area contributed by atoms with Gasteiger partial charge in [-0.3, -0.25) is 19.3 Å². The molecule has 2 aliphatic rings. The lowest BCUT2D eigenvalue weighted by molar-refractivity contribution is -0.123. The summed E-state index contributed by atoms with van der Waals surface area (Å²) in [5, 5.41) is 2.62. The van der Waals surface area contributed by atoms with Crippen LogP contribution in [0.1, 0.15) is 23.7 Å². The minimum absolute atomic E-state index is 0.00238. The van der Waals surface area contributed by atoms with Crippen molar-refractivity contribution in [3.05, 3.63) is 66.2 Å². The van der Waals surface area contributed by atoms with E-state index in [1.165, 1.54) is 36.3 Å². The predicted molar refractivity (Wildman–Crippen MR) is 121 cm³/mol. The Morgan fingerprint density at radius 2 is 1.85 bits per heavy atom. The highest BCUT2D eigenvalue weighted by atomic mass is 16.5. The highest BCUT2D eigenvalue weighted by molar-refractivity contribution is 6.22. The number of methoxy groups -OCH3 is 1. The predicted octanol–water partition coefficient (Wildman–Crippen LogP) is 3.19. The maximum absolute atomic E-state index is 12.9. The number of carbonyl (C=O) groups is 4. The topological polar surface area (TPSA) is 102 Å². The molecule has 2 aromatic rings. The van der Waals surface area contributed by atoms with Crippen molar-refractivity contribution in [1.29, 1.82) is 0 Å². The van der Waals surface area contributed by atoms with Crippen LogP contribution >= 0.6 is 0 Å². The second-order valence-electron chi connectivity index (χ2n) is 8.07. The smallest absolute Gasteiger partial charge is 0.338 e. The molecule has 3 atom stereocenters. The lowest BCUT2D eigenvalue weighted by Crippen LogP contribution is -2.31. The van der Waals surface area contributed by atoms with Crippen molar-refractivity contribution in [2.75, 3.05) is 23.9 Å². The molecule has 33 heavy (non-hydrogen) atoms. The van der Waals surface area contributed by atoms with Gasteiger partial charge in [0.25, 0.3) is 5.91 Å². The van der Waals surface area contributed by atoms with Gasteiger partial charge in [-0.05, 0) is 48.7 Å². The summed E-state index contributed by atoms with van der Waals surface area (Å²) in [7, 11) is 1.52. The number of hydrogen-bond donors (Lipinski definition) is 1. The summed E-state index contributed by atoms with van der Waals surface area (Å²) in [6, 6.07) is 12.8. The number of fused-ring (bicyclic) bond motifs is 1. The SMILES string of the molecule is COc1cccc(NC(=O)COC(=O)c2ccc(N3C(=O)[C@H]4[C@@H](C)C=CC[C@H]4C3=O)cc2)c1. The number of ether oxygens (including phenoxy) is 2. The molecule has 8 heteroatoms. The van der Waals surface area contributed by atoms with Crippen molar-refractivity contribution in [2.45, 2.75) is 13.3 Å². The largest absolute Gasteiger partial charge is 0.497 e. The fourth-order valence-electron chi connectivity index (χ4n) is 4.26. The Morgan fingerprint density at radius 1 is 1.09 bits per heavy atom. The second kappa shape index (κ2) is 9.28. The number of nitrogens with zero attached hydrogens (tertiary/aromatic N) is 1. The molecule has 170 valence electrons. The van der Waals surface area contributed by atoms with Crippen molar-refractivity contribution >= 4 is 35.1 Å². The van der Waals surface area contributed by atoms with Crippen LogP contribution in [0.25, 0.3) is 0 Å². The molecule has 1 aliphatic heterocycles. The Morgan fingerprint density at radius 3 is 2.55 bits per heavy atom. The summed E-state index contributed by atoms with van der Waals surface area (Å²) in [6.07, 6.45) is 4.47. The van der Waals surface area contributed by atoms with E-state index in [2.05, 4.69) is 5.32 Å². The number of esters is 1. The van der Waals surface area contributed by atoms with E-state index < -0.39 is 18.5 Å². The van der Waals surface area contributed by atoms with Crippen molar-refractivity contribution < 1.29 is 28.7 Å². The first-order valence-electron chi connectivity index (χ1n) is 10.6. The Balaban J connectivity index is 1.36. The Labute approximate surface area is 191 Å².